The maximum absolute atomic E-state index is 12.5. The number of aliphatic hydroxyl groups excluding tert-OH is 1. The molecule has 1 aliphatic carbocycles. The van der Waals surface area contributed by atoms with Crippen molar-refractivity contribution in [1.29, 1.82) is 5.41 Å². The molecule has 0 unspecified atom stereocenters. The Labute approximate surface area is 164 Å². The van der Waals surface area contributed by atoms with Crippen LogP contribution < -0.4 is 0 Å². The number of ketones is 1. The van der Waals surface area contributed by atoms with E-state index in [2.05, 4.69) is 6.92 Å². The quantitative estimate of drug-likeness (QED) is 0.265. The first-order chi connectivity index (χ1) is 12.8. The molecule has 0 aliphatic heterocycles. The van der Waals surface area contributed by atoms with Crippen molar-refractivity contribution in [2.75, 3.05) is 7.11 Å². The third kappa shape index (κ3) is 6.78. The van der Waals surface area contributed by atoms with Gasteiger partial charge in [0.25, 0.3) is 0 Å². The predicted molar refractivity (Wildman–Crippen MR) is 108 cm³/mol. The summed E-state index contributed by atoms with van der Waals surface area (Å²) < 4.78 is 4.80. The first kappa shape index (κ1) is 23.4. The molecule has 0 bridgehead atoms. The highest BCUT2D eigenvalue weighted by molar-refractivity contribution is 6.22. The maximum atomic E-state index is 12.5. The number of methoxy groups -OCH3 is 1. The normalized spacial score (nSPS) is 19.3. The Morgan fingerprint density at radius 1 is 1.11 bits per heavy atom. The number of carbonyl (C=O) groups is 2. The fourth-order valence-corrected chi connectivity index (χ4v) is 3.87. The fourth-order valence-electron chi connectivity index (χ4n) is 3.87. The van der Waals surface area contributed by atoms with E-state index in [-0.39, 0.29) is 29.2 Å². The number of ether oxygens (including phenoxy) is 1. The summed E-state index contributed by atoms with van der Waals surface area (Å²) in [6.45, 7) is 5.75. The average molecular weight is 380 g/mol. The van der Waals surface area contributed by atoms with E-state index in [1.54, 1.807) is 13.8 Å². The summed E-state index contributed by atoms with van der Waals surface area (Å²) in [5, 5.41) is 18.8. The van der Waals surface area contributed by atoms with Gasteiger partial charge in [-0.15, -0.1) is 0 Å². The highest BCUT2D eigenvalue weighted by Crippen LogP contribution is 2.42. The molecular formula is C22H37NO4. The zero-order valence-electron chi connectivity index (χ0n) is 17.5. The number of Topliss-reactive ketones (excluding diaryl/α,β-unsaturated/α-hetero) is 1. The third-order valence-electron chi connectivity index (χ3n) is 5.48. The molecule has 1 rings (SSSR count). The van der Waals surface area contributed by atoms with Crippen LogP contribution in [0, 0.1) is 16.7 Å². The molecule has 0 heterocycles. The molecule has 0 fully saturated rings. The Morgan fingerprint density at radius 2 is 1.63 bits per heavy atom. The Hall–Kier alpha value is -1.65. The van der Waals surface area contributed by atoms with Gasteiger partial charge in [0.2, 0.25) is 0 Å². The van der Waals surface area contributed by atoms with Gasteiger partial charge in [0.15, 0.2) is 5.78 Å². The average Bonchev–Trinajstić information content (AvgIpc) is 2.58. The molecular weight excluding hydrogens is 342 g/mol. The van der Waals surface area contributed by atoms with Crippen LogP contribution in [0.5, 0.6) is 0 Å². The van der Waals surface area contributed by atoms with Gasteiger partial charge in [-0.05, 0) is 18.3 Å². The van der Waals surface area contributed by atoms with Crippen molar-refractivity contribution in [3.63, 3.8) is 0 Å². The van der Waals surface area contributed by atoms with E-state index in [0.29, 0.717) is 6.42 Å². The SMILES string of the molecule is CCCCCCCCCCCC(=N)C1=C(O)[C@@H](C(=O)OC)C(C)(C)CC1=O. The van der Waals surface area contributed by atoms with Crippen LogP contribution in [0.25, 0.3) is 0 Å². The van der Waals surface area contributed by atoms with Gasteiger partial charge in [0, 0.05) is 12.1 Å². The van der Waals surface area contributed by atoms with Gasteiger partial charge in [0.1, 0.15) is 11.7 Å². The van der Waals surface area contributed by atoms with Crippen molar-refractivity contribution in [1.82, 2.24) is 0 Å². The van der Waals surface area contributed by atoms with E-state index in [1.165, 1.54) is 45.6 Å². The Balaban J connectivity index is 2.55. The van der Waals surface area contributed by atoms with Gasteiger partial charge in [-0.2, -0.15) is 0 Å². The molecule has 0 spiro atoms. The molecule has 154 valence electrons. The molecule has 1 atom stereocenters. The van der Waals surface area contributed by atoms with E-state index in [1.807, 2.05) is 0 Å². The van der Waals surface area contributed by atoms with Gasteiger partial charge in [-0.1, -0.05) is 72.1 Å². The predicted octanol–water partition coefficient (Wildman–Crippen LogP) is 5.53. The number of unbranched alkanes of at least 4 members (excludes halogenated alkanes) is 8. The van der Waals surface area contributed by atoms with Gasteiger partial charge in [0.05, 0.1) is 12.7 Å². The molecule has 0 saturated heterocycles. The standard InChI is InChI=1S/C22H37NO4/c1-5-6-7-8-9-10-11-12-13-14-16(23)18-17(24)15-22(2,3)19(20(18)25)21(26)27-4/h19,23,25H,5-15H2,1-4H3/t19-/m0/s1. The van der Waals surface area contributed by atoms with Crippen molar-refractivity contribution in [3.8, 4) is 0 Å². The monoisotopic (exact) mass is 379 g/mol. The highest BCUT2D eigenvalue weighted by Gasteiger charge is 2.47. The second-order valence-electron chi connectivity index (χ2n) is 8.36. The number of allylic oxidation sites excluding steroid dienone is 1. The number of nitrogens with one attached hydrogen (secondary N) is 1. The van der Waals surface area contributed by atoms with Crippen molar-refractivity contribution in [2.45, 2.75) is 91.4 Å². The van der Waals surface area contributed by atoms with Crippen LogP contribution in [0.4, 0.5) is 0 Å². The van der Waals surface area contributed by atoms with E-state index in [0.717, 1.165) is 19.3 Å². The number of carbonyl (C=O) groups excluding carboxylic acids is 2. The lowest BCUT2D eigenvalue weighted by Gasteiger charge is -2.36. The zero-order chi connectivity index (χ0) is 20.4. The molecule has 27 heavy (non-hydrogen) atoms. The van der Waals surface area contributed by atoms with Crippen LogP contribution in [0.3, 0.4) is 0 Å². The minimum Gasteiger partial charge on any atom is -0.511 e. The van der Waals surface area contributed by atoms with Crippen molar-refractivity contribution in [2.24, 2.45) is 11.3 Å². The summed E-state index contributed by atoms with van der Waals surface area (Å²) in [4.78, 5) is 24.6. The second-order valence-corrected chi connectivity index (χ2v) is 8.36. The van der Waals surface area contributed by atoms with Crippen LogP contribution in [-0.4, -0.2) is 29.7 Å². The number of aliphatic hydroxyl groups is 1. The second kappa shape index (κ2) is 11.3. The van der Waals surface area contributed by atoms with E-state index in [9.17, 15) is 14.7 Å². The molecule has 0 aromatic carbocycles. The molecule has 2 N–H and O–H groups in total. The summed E-state index contributed by atoms with van der Waals surface area (Å²) in [5.74, 6) is -1.99. The zero-order valence-corrected chi connectivity index (χ0v) is 17.5. The Bertz CT molecular complexity index is 563. The molecule has 0 saturated carbocycles. The summed E-state index contributed by atoms with van der Waals surface area (Å²) >= 11 is 0. The van der Waals surface area contributed by atoms with Gasteiger partial charge < -0.3 is 15.3 Å². The molecule has 0 aromatic rings. The molecule has 5 heteroatoms. The summed E-state index contributed by atoms with van der Waals surface area (Å²) in [5.41, 5.74) is -0.537. The molecule has 0 radical (unpaired) electrons. The van der Waals surface area contributed by atoms with E-state index in [4.69, 9.17) is 10.1 Å². The number of rotatable bonds is 12. The minimum absolute atomic E-state index is 0.0318. The summed E-state index contributed by atoms with van der Waals surface area (Å²) in [6, 6.07) is 0. The van der Waals surface area contributed by atoms with Crippen LogP contribution in [0.1, 0.15) is 91.4 Å². The summed E-state index contributed by atoms with van der Waals surface area (Å²) in [7, 11) is 1.27. The molecule has 5 nitrogen and oxygen atoms in total. The lowest BCUT2D eigenvalue weighted by atomic mass is 9.67. The number of hydrogen-bond acceptors (Lipinski definition) is 5. The van der Waals surface area contributed by atoms with E-state index >= 15 is 0 Å². The molecule has 0 amide bonds. The van der Waals surface area contributed by atoms with Crippen LogP contribution >= 0.6 is 0 Å². The van der Waals surface area contributed by atoms with E-state index < -0.39 is 17.3 Å². The van der Waals surface area contributed by atoms with Crippen molar-refractivity contribution in [3.05, 3.63) is 11.3 Å². The van der Waals surface area contributed by atoms with Crippen molar-refractivity contribution >= 4 is 17.5 Å². The Kier molecular flexibility index (Phi) is 9.75. The highest BCUT2D eigenvalue weighted by atomic mass is 16.5. The lowest BCUT2D eigenvalue weighted by Crippen LogP contribution is -2.41. The number of esters is 1. The maximum Gasteiger partial charge on any atom is 0.316 e. The van der Waals surface area contributed by atoms with Gasteiger partial charge in [-0.3, -0.25) is 9.59 Å². The van der Waals surface area contributed by atoms with Crippen molar-refractivity contribution < 1.29 is 19.4 Å². The minimum atomic E-state index is -0.890. The summed E-state index contributed by atoms with van der Waals surface area (Å²) in [6.07, 6.45) is 11.2. The first-order valence-corrected chi connectivity index (χ1v) is 10.4. The van der Waals surface area contributed by atoms with Crippen LogP contribution in [0.2, 0.25) is 0 Å². The van der Waals surface area contributed by atoms with Gasteiger partial charge >= 0.3 is 5.97 Å². The number of hydrogen-bond donors (Lipinski definition) is 2. The smallest absolute Gasteiger partial charge is 0.316 e. The largest absolute Gasteiger partial charge is 0.511 e. The van der Waals surface area contributed by atoms with Gasteiger partial charge in [-0.25, -0.2) is 0 Å². The third-order valence-corrected chi connectivity index (χ3v) is 5.48. The first-order valence-electron chi connectivity index (χ1n) is 10.4. The topological polar surface area (TPSA) is 87.4 Å². The van der Waals surface area contributed by atoms with Crippen LogP contribution in [-0.2, 0) is 14.3 Å². The van der Waals surface area contributed by atoms with Crippen LogP contribution in [0.15, 0.2) is 11.3 Å². The molecule has 0 aromatic heterocycles. The lowest BCUT2D eigenvalue weighted by molar-refractivity contribution is -0.150. The molecule has 1 aliphatic rings. The Morgan fingerprint density at radius 3 is 2.15 bits per heavy atom. The fraction of sp³-hybridized carbons (Fsp3) is 0.773.